The molecule has 1 aromatic carbocycles. The topological polar surface area (TPSA) is 66.0 Å². The Kier molecular flexibility index (Phi) is 5.74. The molecular formula is C18H18ClF3N4O. The number of urea groups is 1. The van der Waals surface area contributed by atoms with E-state index >= 15 is 0 Å². The van der Waals surface area contributed by atoms with E-state index in [2.05, 4.69) is 20.9 Å². The number of halogens is 4. The van der Waals surface area contributed by atoms with Crippen LogP contribution in [0.2, 0.25) is 5.02 Å². The van der Waals surface area contributed by atoms with Gasteiger partial charge in [0.25, 0.3) is 0 Å². The molecule has 1 aromatic heterocycles. The lowest BCUT2D eigenvalue weighted by Gasteiger charge is -2.17. The van der Waals surface area contributed by atoms with Gasteiger partial charge >= 0.3 is 12.2 Å². The molecule has 0 spiro atoms. The molecule has 2 amide bonds. The number of benzene rings is 1. The molecule has 0 saturated carbocycles. The predicted molar refractivity (Wildman–Crippen MR) is 98.2 cm³/mol. The van der Waals surface area contributed by atoms with Gasteiger partial charge in [0.2, 0.25) is 0 Å². The molecule has 0 unspecified atom stereocenters. The minimum atomic E-state index is -4.62. The Balaban J connectivity index is 1.56. The first kappa shape index (κ1) is 19.3. The molecule has 0 fully saturated rings. The van der Waals surface area contributed by atoms with Gasteiger partial charge in [-0.05, 0) is 42.7 Å². The molecule has 27 heavy (non-hydrogen) atoms. The van der Waals surface area contributed by atoms with E-state index in [-0.39, 0.29) is 17.3 Å². The summed E-state index contributed by atoms with van der Waals surface area (Å²) in [6.45, 7) is 1.12. The number of carbonyl (C=O) groups is 1. The fraction of sp³-hybridized carbons (Fsp3) is 0.333. The Morgan fingerprint density at radius 3 is 2.85 bits per heavy atom. The Labute approximate surface area is 159 Å². The second-order valence-corrected chi connectivity index (χ2v) is 6.60. The first-order valence-electron chi connectivity index (χ1n) is 8.47. The van der Waals surface area contributed by atoms with Crippen LogP contribution in [0.1, 0.15) is 23.2 Å². The van der Waals surface area contributed by atoms with Crippen molar-refractivity contribution >= 4 is 29.1 Å². The molecule has 144 valence electrons. The average Bonchev–Trinajstić information content (AvgIpc) is 2.62. The maximum absolute atomic E-state index is 13.0. The zero-order valence-corrected chi connectivity index (χ0v) is 15.0. The van der Waals surface area contributed by atoms with Crippen LogP contribution in [0, 0.1) is 0 Å². The Morgan fingerprint density at radius 1 is 1.26 bits per heavy atom. The van der Waals surface area contributed by atoms with Gasteiger partial charge in [0.1, 0.15) is 5.82 Å². The number of alkyl halides is 3. The molecule has 1 aliphatic rings. The number of amides is 2. The van der Waals surface area contributed by atoms with Crippen molar-refractivity contribution in [3.05, 3.63) is 52.2 Å². The smallest absolute Gasteiger partial charge is 0.370 e. The minimum Gasteiger partial charge on any atom is -0.370 e. The molecule has 1 aliphatic heterocycles. The molecule has 0 radical (unpaired) electrons. The third kappa shape index (κ3) is 5.03. The first-order chi connectivity index (χ1) is 12.8. The van der Waals surface area contributed by atoms with Crippen LogP contribution in [0.5, 0.6) is 0 Å². The molecule has 2 aromatic rings. The highest BCUT2D eigenvalue weighted by atomic mass is 35.5. The van der Waals surface area contributed by atoms with E-state index in [4.69, 9.17) is 11.6 Å². The van der Waals surface area contributed by atoms with Gasteiger partial charge in [-0.25, -0.2) is 9.78 Å². The second kappa shape index (κ2) is 8.04. The van der Waals surface area contributed by atoms with E-state index in [1.807, 2.05) is 12.1 Å². The van der Waals surface area contributed by atoms with E-state index in [0.717, 1.165) is 48.6 Å². The maximum atomic E-state index is 13.0. The van der Waals surface area contributed by atoms with Gasteiger partial charge in [-0.3, -0.25) is 0 Å². The number of nitrogens with one attached hydrogen (secondary N) is 3. The van der Waals surface area contributed by atoms with Crippen molar-refractivity contribution in [2.24, 2.45) is 0 Å². The summed E-state index contributed by atoms with van der Waals surface area (Å²) in [5.41, 5.74) is 0.622. The molecule has 2 heterocycles. The van der Waals surface area contributed by atoms with Gasteiger partial charge in [0, 0.05) is 30.2 Å². The third-order valence-electron chi connectivity index (χ3n) is 4.15. The van der Waals surface area contributed by atoms with Gasteiger partial charge in [-0.2, -0.15) is 13.2 Å². The molecule has 9 heteroatoms. The summed E-state index contributed by atoms with van der Waals surface area (Å²) in [5.74, 6) is 0.860. The molecule has 0 bridgehead atoms. The van der Waals surface area contributed by atoms with Crippen molar-refractivity contribution in [3.63, 3.8) is 0 Å². The second-order valence-electron chi connectivity index (χ2n) is 6.16. The molecule has 3 rings (SSSR count). The normalized spacial score (nSPS) is 13.5. The van der Waals surface area contributed by atoms with Crippen LogP contribution in [-0.2, 0) is 19.0 Å². The number of fused-ring (bicyclic) bond motifs is 1. The summed E-state index contributed by atoms with van der Waals surface area (Å²) < 4.78 is 39.1. The number of hydrogen-bond donors (Lipinski definition) is 3. The zero-order chi connectivity index (χ0) is 19.4. The lowest BCUT2D eigenvalue weighted by Crippen LogP contribution is -2.31. The zero-order valence-electron chi connectivity index (χ0n) is 14.3. The van der Waals surface area contributed by atoms with Crippen LogP contribution in [0.15, 0.2) is 30.3 Å². The van der Waals surface area contributed by atoms with E-state index < -0.39 is 17.8 Å². The van der Waals surface area contributed by atoms with Crippen LogP contribution in [0.3, 0.4) is 0 Å². The SMILES string of the molecule is O=C(NCCc1ccc2c(n1)NCCC2)Nc1ccc(Cl)cc1C(F)(F)F. The predicted octanol–water partition coefficient (Wildman–Crippen LogP) is 4.48. The summed E-state index contributed by atoms with van der Waals surface area (Å²) in [4.78, 5) is 16.4. The largest absolute Gasteiger partial charge is 0.418 e. The lowest BCUT2D eigenvalue weighted by atomic mass is 10.1. The molecule has 0 atom stereocenters. The summed E-state index contributed by atoms with van der Waals surface area (Å²) in [7, 11) is 0. The van der Waals surface area contributed by atoms with E-state index in [1.54, 1.807) is 0 Å². The Bertz CT molecular complexity index is 842. The number of anilines is 2. The Hall–Kier alpha value is -2.48. The maximum Gasteiger partial charge on any atom is 0.418 e. The van der Waals surface area contributed by atoms with E-state index in [0.29, 0.717) is 6.42 Å². The number of nitrogens with zero attached hydrogens (tertiary/aromatic N) is 1. The van der Waals surface area contributed by atoms with Gasteiger partial charge in [0.15, 0.2) is 0 Å². The van der Waals surface area contributed by atoms with Gasteiger partial charge in [-0.1, -0.05) is 17.7 Å². The number of carbonyl (C=O) groups excluding carboxylic acids is 1. The molecule has 0 saturated heterocycles. The van der Waals surface area contributed by atoms with Crippen molar-refractivity contribution in [2.45, 2.75) is 25.4 Å². The van der Waals surface area contributed by atoms with Crippen molar-refractivity contribution in [3.8, 4) is 0 Å². The van der Waals surface area contributed by atoms with E-state index in [9.17, 15) is 18.0 Å². The summed E-state index contributed by atoms with van der Waals surface area (Å²) >= 11 is 5.62. The van der Waals surface area contributed by atoms with Gasteiger partial charge in [-0.15, -0.1) is 0 Å². The van der Waals surface area contributed by atoms with Gasteiger partial charge in [0.05, 0.1) is 11.3 Å². The van der Waals surface area contributed by atoms with Crippen LogP contribution in [0.4, 0.5) is 29.5 Å². The molecule has 0 aliphatic carbocycles. The lowest BCUT2D eigenvalue weighted by molar-refractivity contribution is -0.136. The number of aryl methyl sites for hydroxylation is 1. The highest BCUT2D eigenvalue weighted by Gasteiger charge is 2.34. The molecular weight excluding hydrogens is 381 g/mol. The monoisotopic (exact) mass is 398 g/mol. The highest BCUT2D eigenvalue weighted by Crippen LogP contribution is 2.36. The summed E-state index contributed by atoms with van der Waals surface area (Å²) in [5, 5.41) is 7.94. The number of pyridine rings is 1. The van der Waals surface area contributed by atoms with Gasteiger partial charge < -0.3 is 16.0 Å². The number of hydrogen-bond acceptors (Lipinski definition) is 3. The molecule has 5 nitrogen and oxygen atoms in total. The highest BCUT2D eigenvalue weighted by molar-refractivity contribution is 6.30. The van der Waals surface area contributed by atoms with Crippen molar-refractivity contribution in [2.75, 3.05) is 23.7 Å². The van der Waals surface area contributed by atoms with Crippen LogP contribution >= 0.6 is 11.6 Å². The summed E-state index contributed by atoms with van der Waals surface area (Å²) in [6, 6.07) is 6.37. The number of rotatable bonds is 4. The fourth-order valence-corrected chi connectivity index (χ4v) is 3.01. The standard InChI is InChI=1S/C18H18ClF3N4O/c19-12-4-6-15(14(10-12)18(20,21)22)26-17(27)24-9-7-13-5-3-11-2-1-8-23-16(11)25-13/h3-6,10H,1-2,7-9H2,(H,23,25)(H2,24,26,27). The third-order valence-corrected chi connectivity index (χ3v) is 4.39. The average molecular weight is 399 g/mol. The summed E-state index contributed by atoms with van der Waals surface area (Å²) in [6.07, 6.45) is -2.10. The van der Waals surface area contributed by atoms with Crippen molar-refractivity contribution in [1.29, 1.82) is 0 Å². The molecule has 3 N–H and O–H groups in total. The first-order valence-corrected chi connectivity index (χ1v) is 8.85. The Morgan fingerprint density at radius 2 is 2.07 bits per heavy atom. The minimum absolute atomic E-state index is 0.0552. The van der Waals surface area contributed by atoms with Crippen LogP contribution in [0.25, 0.3) is 0 Å². The van der Waals surface area contributed by atoms with Crippen molar-refractivity contribution in [1.82, 2.24) is 10.3 Å². The number of aromatic nitrogens is 1. The van der Waals surface area contributed by atoms with Crippen LogP contribution in [-0.4, -0.2) is 24.1 Å². The quantitative estimate of drug-likeness (QED) is 0.711. The van der Waals surface area contributed by atoms with Crippen molar-refractivity contribution < 1.29 is 18.0 Å². The fourth-order valence-electron chi connectivity index (χ4n) is 2.84. The van der Waals surface area contributed by atoms with E-state index in [1.165, 1.54) is 6.07 Å². The van der Waals surface area contributed by atoms with Crippen LogP contribution < -0.4 is 16.0 Å².